The van der Waals surface area contributed by atoms with E-state index >= 15 is 0 Å². The average molecular weight is 267 g/mol. The molecule has 2 aromatic heterocycles. The number of aromatic nitrogens is 1. The minimum atomic E-state index is 1.24. The van der Waals surface area contributed by atoms with E-state index in [0.717, 1.165) is 0 Å². The van der Waals surface area contributed by atoms with E-state index in [0.29, 0.717) is 0 Å². The van der Waals surface area contributed by atoms with E-state index in [1.165, 1.54) is 38.2 Å². The molecule has 3 rings (SSSR count). The van der Waals surface area contributed by atoms with Crippen molar-refractivity contribution in [2.75, 3.05) is 0 Å². The molecule has 3 aromatic rings. The highest BCUT2D eigenvalue weighted by atomic mass is 32.1. The molecule has 0 N–H and O–H groups in total. The molecule has 0 aliphatic heterocycles. The van der Waals surface area contributed by atoms with Crippen molar-refractivity contribution in [3.05, 3.63) is 52.9 Å². The highest BCUT2D eigenvalue weighted by Gasteiger charge is 2.12. The lowest BCUT2D eigenvalue weighted by molar-refractivity contribution is 0.979. The van der Waals surface area contributed by atoms with E-state index in [1.54, 1.807) is 11.3 Å². The van der Waals surface area contributed by atoms with E-state index in [9.17, 15) is 0 Å². The third kappa shape index (κ3) is 1.83. The SMILES string of the molecule is C=Cc1c(C)ccc2cc(-c3cc(C)cs3)n(C)c12. The summed E-state index contributed by atoms with van der Waals surface area (Å²) in [6.45, 7) is 8.24. The van der Waals surface area contributed by atoms with E-state index in [2.05, 4.69) is 61.7 Å². The average Bonchev–Trinajstić information content (AvgIpc) is 2.95. The van der Waals surface area contributed by atoms with Crippen molar-refractivity contribution in [2.24, 2.45) is 7.05 Å². The Balaban J connectivity index is 2.35. The van der Waals surface area contributed by atoms with Crippen molar-refractivity contribution in [3.8, 4) is 10.6 Å². The minimum absolute atomic E-state index is 1.24. The Morgan fingerprint density at radius 1 is 1.21 bits per heavy atom. The molecule has 1 nitrogen and oxygen atoms in total. The van der Waals surface area contributed by atoms with E-state index in [4.69, 9.17) is 0 Å². The maximum atomic E-state index is 3.96. The zero-order chi connectivity index (χ0) is 13.6. The fourth-order valence-corrected chi connectivity index (χ4v) is 3.59. The molecule has 0 radical (unpaired) electrons. The van der Waals surface area contributed by atoms with Crippen LogP contribution in [0.4, 0.5) is 0 Å². The fourth-order valence-electron chi connectivity index (χ4n) is 2.64. The third-order valence-corrected chi connectivity index (χ3v) is 4.71. The van der Waals surface area contributed by atoms with Gasteiger partial charge in [-0.15, -0.1) is 11.3 Å². The normalized spacial score (nSPS) is 11.1. The minimum Gasteiger partial charge on any atom is -0.342 e. The standard InChI is InChI=1S/C17H17NS/c1-5-14-12(3)6-7-13-9-15(18(4)17(13)14)16-8-11(2)10-19-16/h5-10H,1H2,2-4H3. The van der Waals surface area contributed by atoms with Crippen LogP contribution in [0.25, 0.3) is 27.6 Å². The van der Waals surface area contributed by atoms with Crippen LogP contribution < -0.4 is 0 Å². The van der Waals surface area contributed by atoms with Crippen molar-refractivity contribution < 1.29 is 0 Å². The van der Waals surface area contributed by atoms with E-state index in [1.807, 2.05) is 6.08 Å². The number of rotatable bonds is 2. The van der Waals surface area contributed by atoms with Gasteiger partial charge in [0.15, 0.2) is 0 Å². The maximum Gasteiger partial charge on any atom is 0.0590 e. The van der Waals surface area contributed by atoms with Crippen LogP contribution in [-0.4, -0.2) is 4.57 Å². The monoisotopic (exact) mass is 267 g/mol. The van der Waals surface area contributed by atoms with Crippen molar-refractivity contribution in [1.82, 2.24) is 4.57 Å². The van der Waals surface area contributed by atoms with Crippen molar-refractivity contribution in [1.29, 1.82) is 0 Å². The lowest BCUT2D eigenvalue weighted by Gasteiger charge is -2.07. The van der Waals surface area contributed by atoms with Crippen LogP contribution in [0.3, 0.4) is 0 Å². The Morgan fingerprint density at radius 3 is 2.63 bits per heavy atom. The molecule has 0 aliphatic rings. The zero-order valence-corrected chi connectivity index (χ0v) is 12.3. The van der Waals surface area contributed by atoms with Gasteiger partial charge in [0.1, 0.15) is 0 Å². The molecule has 0 atom stereocenters. The van der Waals surface area contributed by atoms with Gasteiger partial charge in [0.2, 0.25) is 0 Å². The van der Waals surface area contributed by atoms with Gasteiger partial charge in [-0.1, -0.05) is 24.8 Å². The van der Waals surface area contributed by atoms with Gasteiger partial charge in [0.25, 0.3) is 0 Å². The zero-order valence-electron chi connectivity index (χ0n) is 11.5. The summed E-state index contributed by atoms with van der Waals surface area (Å²) in [4.78, 5) is 1.32. The Hall–Kier alpha value is -1.80. The number of benzene rings is 1. The molecule has 0 amide bonds. The first-order valence-electron chi connectivity index (χ1n) is 6.39. The summed E-state index contributed by atoms with van der Waals surface area (Å²) in [7, 11) is 2.14. The van der Waals surface area contributed by atoms with Crippen LogP contribution >= 0.6 is 11.3 Å². The summed E-state index contributed by atoms with van der Waals surface area (Å²) in [5.74, 6) is 0. The predicted octanol–water partition coefficient (Wildman–Crippen LogP) is 5.17. The number of hydrogen-bond donors (Lipinski definition) is 0. The number of nitrogens with zero attached hydrogens (tertiary/aromatic N) is 1. The molecule has 1 aromatic carbocycles. The van der Waals surface area contributed by atoms with Crippen LogP contribution in [0.2, 0.25) is 0 Å². The second kappa shape index (κ2) is 4.39. The lowest BCUT2D eigenvalue weighted by atomic mass is 10.1. The molecule has 0 unspecified atom stereocenters. The summed E-state index contributed by atoms with van der Waals surface area (Å²) in [6.07, 6.45) is 1.96. The number of thiophene rings is 1. The molecule has 0 spiro atoms. The summed E-state index contributed by atoms with van der Waals surface area (Å²) in [5, 5.41) is 3.48. The molecule has 0 saturated heterocycles. The van der Waals surface area contributed by atoms with Crippen LogP contribution in [-0.2, 0) is 7.05 Å². The van der Waals surface area contributed by atoms with Gasteiger partial charge in [-0.2, -0.15) is 0 Å². The van der Waals surface area contributed by atoms with E-state index < -0.39 is 0 Å². The smallest absolute Gasteiger partial charge is 0.0590 e. The molecule has 2 heterocycles. The first-order chi connectivity index (χ1) is 9.11. The van der Waals surface area contributed by atoms with Gasteiger partial charge in [-0.05, 0) is 42.5 Å². The molecule has 0 bridgehead atoms. The summed E-state index contributed by atoms with van der Waals surface area (Å²) >= 11 is 1.80. The summed E-state index contributed by atoms with van der Waals surface area (Å²) < 4.78 is 2.28. The quantitative estimate of drug-likeness (QED) is 0.604. The summed E-state index contributed by atoms with van der Waals surface area (Å²) in [5.41, 5.74) is 6.39. The highest BCUT2D eigenvalue weighted by molar-refractivity contribution is 7.13. The van der Waals surface area contributed by atoms with Crippen molar-refractivity contribution in [3.63, 3.8) is 0 Å². The number of aryl methyl sites for hydroxylation is 3. The van der Waals surface area contributed by atoms with Crippen LogP contribution in [0, 0.1) is 13.8 Å². The van der Waals surface area contributed by atoms with Gasteiger partial charge in [-0.3, -0.25) is 0 Å². The first kappa shape index (κ1) is 12.2. The van der Waals surface area contributed by atoms with Crippen LogP contribution in [0.1, 0.15) is 16.7 Å². The van der Waals surface area contributed by atoms with Crippen LogP contribution in [0.15, 0.2) is 36.2 Å². The van der Waals surface area contributed by atoms with Gasteiger partial charge >= 0.3 is 0 Å². The van der Waals surface area contributed by atoms with Gasteiger partial charge < -0.3 is 4.57 Å². The van der Waals surface area contributed by atoms with Crippen molar-refractivity contribution in [2.45, 2.75) is 13.8 Å². The molecular formula is C17H17NS. The van der Waals surface area contributed by atoms with Crippen molar-refractivity contribution >= 4 is 28.3 Å². The Morgan fingerprint density at radius 2 is 2.00 bits per heavy atom. The fraction of sp³-hybridized carbons (Fsp3) is 0.176. The third-order valence-electron chi connectivity index (χ3n) is 3.64. The molecule has 0 fully saturated rings. The molecule has 0 aliphatic carbocycles. The molecule has 19 heavy (non-hydrogen) atoms. The van der Waals surface area contributed by atoms with Gasteiger partial charge in [0.05, 0.1) is 16.1 Å². The molecular weight excluding hydrogens is 250 g/mol. The van der Waals surface area contributed by atoms with E-state index in [-0.39, 0.29) is 0 Å². The van der Waals surface area contributed by atoms with Gasteiger partial charge in [-0.25, -0.2) is 0 Å². The summed E-state index contributed by atoms with van der Waals surface area (Å²) in [6, 6.07) is 8.89. The topological polar surface area (TPSA) is 4.93 Å². The lowest BCUT2D eigenvalue weighted by Crippen LogP contribution is -1.93. The molecule has 2 heteroatoms. The molecule has 0 saturated carbocycles. The number of hydrogen-bond acceptors (Lipinski definition) is 1. The van der Waals surface area contributed by atoms with Gasteiger partial charge in [0, 0.05) is 18.0 Å². The Kier molecular flexibility index (Phi) is 2.83. The Bertz CT molecular complexity index is 774. The molecule has 96 valence electrons. The second-order valence-corrected chi connectivity index (χ2v) is 5.93. The highest BCUT2D eigenvalue weighted by Crippen LogP contribution is 2.34. The van der Waals surface area contributed by atoms with Crippen LogP contribution in [0.5, 0.6) is 0 Å². The number of fused-ring (bicyclic) bond motifs is 1. The first-order valence-corrected chi connectivity index (χ1v) is 7.26. The second-order valence-electron chi connectivity index (χ2n) is 5.01. The Labute approximate surface area is 117 Å². The maximum absolute atomic E-state index is 3.96. The largest absolute Gasteiger partial charge is 0.342 e. The predicted molar refractivity (Wildman–Crippen MR) is 85.8 cm³/mol.